The highest BCUT2D eigenvalue weighted by Gasteiger charge is 2.19. The molecule has 0 aliphatic rings. The Bertz CT molecular complexity index is 826. The first-order valence-electron chi connectivity index (χ1n) is 7.09. The first-order valence-corrected chi connectivity index (χ1v) is 7.09. The molecule has 0 saturated carbocycles. The van der Waals surface area contributed by atoms with Crippen LogP contribution in [0.3, 0.4) is 0 Å². The van der Waals surface area contributed by atoms with Gasteiger partial charge in [-0.15, -0.1) is 0 Å². The molecule has 0 heterocycles. The summed E-state index contributed by atoms with van der Waals surface area (Å²) in [7, 11) is 0. The Balaban J connectivity index is 2.19. The predicted molar refractivity (Wildman–Crippen MR) is 86.6 cm³/mol. The number of hydrogen-bond donors (Lipinski definition) is 0. The number of carbonyl (C=O) groups is 1. The molecule has 0 radical (unpaired) electrons. The van der Waals surface area contributed by atoms with Gasteiger partial charge >= 0.3 is 5.97 Å². The molecule has 3 rings (SSSR count). The molecule has 0 bridgehead atoms. The van der Waals surface area contributed by atoms with Crippen LogP contribution in [0.4, 0.5) is 0 Å². The smallest absolute Gasteiger partial charge is 0.339 e. The van der Waals surface area contributed by atoms with E-state index in [1.807, 2.05) is 51.1 Å². The number of carbonyl (C=O) groups excluding carboxylic acids is 1. The van der Waals surface area contributed by atoms with E-state index in [0.717, 1.165) is 16.2 Å². The van der Waals surface area contributed by atoms with Crippen molar-refractivity contribution in [2.75, 3.05) is 0 Å². The predicted octanol–water partition coefficient (Wildman–Crippen LogP) is 4.95. The van der Waals surface area contributed by atoms with Crippen LogP contribution >= 0.6 is 0 Å². The molecule has 0 atom stereocenters. The van der Waals surface area contributed by atoms with E-state index in [0.29, 0.717) is 5.56 Å². The van der Waals surface area contributed by atoms with Gasteiger partial charge in [-0.25, -0.2) is 4.79 Å². The number of hydrogen-bond acceptors (Lipinski definition) is 2. The van der Waals surface area contributed by atoms with E-state index in [-0.39, 0.29) is 5.97 Å². The lowest BCUT2D eigenvalue weighted by atomic mass is 9.99. The van der Waals surface area contributed by atoms with Gasteiger partial charge < -0.3 is 4.74 Å². The SMILES string of the molecule is CC(C)(C)OC(=O)c1cccc2cc3ccccc3cc12. The van der Waals surface area contributed by atoms with Gasteiger partial charge in [-0.2, -0.15) is 0 Å². The fourth-order valence-corrected chi connectivity index (χ4v) is 2.48. The van der Waals surface area contributed by atoms with Crippen molar-refractivity contribution in [1.29, 1.82) is 0 Å². The van der Waals surface area contributed by atoms with Crippen LogP contribution in [-0.2, 0) is 4.74 Å². The van der Waals surface area contributed by atoms with Crippen molar-refractivity contribution >= 4 is 27.5 Å². The number of benzene rings is 3. The molecule has 0 fully saturated rings. The fourth-order valence-electron chi connectivity index (χ4n) is 2.48. The maximum atomic E-state index is 12.4. The molecule has 0 unspecified atom stereocenters. The first-order chi connectivity index (χ1) is 9.94. The van der Waals surface area contributed by atoms with Crippen LogP contribution < -0.4 is 0 Å². The molecule has 106 valence electrons. The second-order valence-corrected chi connectivity index (χ2v) is 6.23. The summed E-state index contributed by atoms with van der Waals surface area (Å²) >= 11 is 0. The Labute approximate surface area is 124 Å². The van der Waals surface area contributed by atoms with Crippen LogP contribution in [0.15, 0.2) is 54.6 Å². The minimum Gasteiger partial charge on any atom is -0.456 e. The highest BCUT2D eigenvalue weighted by atomic mass is 16.6. The maximum Gasteiger partial charge on any atom is 0.339 e. The van der Waals surface area contributed by atoms with Gasteiger partial charge in [0.05, 0.1) is 5.56 Å². The standard InChI is InChI=1S/C19H18O2/c1-19(2,3)21-18(20)16-10-6-9-15-11-13-7-4-5-8-14(13)12-17(15)16/h4-12H,1-3H3. The van der Waals surface area contributed by atoms with Crippen LogP contribution in [0, 0.1) is 0 Å². The van der Waals surface area contributed by atoms with Gasteiger partial charge in [0.25, 0.3) is 0 Å². The molecule has 3 aromatic rings. The zero-order valence-corrected chi connectivity index (χ0v) is 12.5. The van der Waals surface area contributed by atoms with Gasteiger partial charge in [-0.05, 0) is 60.5 Å². The molecule has 0 saturated heterocycles. The summed E-state index contributed by atoms with van der Waals surface area (Å²) in [6, 6.07) is 18.1. The average molecular weight is 278 g/mol. The molecule has 0 aliphatic carbocycles. The van der Waals surface area contributed by atoms with Gasteiger partial charge in [0, 0.05) is 0 Å². The van der Waals surface area contributed by atoms with E-state index in [4.69, 9.17) is 4.74 Å². The van der Waals surface area contributed by atoms with Crippen molar-refractivity contribution in [3.8, 4) is 0 Å². The Hall–Kier alpha value is -2.35. The molecule has 0 amide bonds. The number of ether oxygens (including phenoxy) is 1. The van der Waals surface area contributed by atoms with Gasteiger partial charge in [-0.1, -0.05) is 36.4 Å². The maximum absolute atomic E-state index is 12.4. The molecule has 0 spiro atoms. The van der Waals surface area contributed by atoms with Crippen LogP contribution in [-0.4, -0.2) is 11.6 Å². The van der Waals surface area contributed by atoms with Crippen LogP contribution in [0.5, 0.6) is 0 Å². The summed E-state index contributed by atoms with van der Waals surface area (Å²) in [6.07, 6.45) is 0. The topological polar surface area (TPSA) is 26.3 Å². The summed E-state index contributed by atoms with van der Waals surface area (Å²) in [6.45, 7) is 5.64. The molecule has 21 heavy (non-hydrogen) atoms. The normalized spacial score (nSPS) is 11.8. The number of fused-ring (bicyclic) bond motifs is 2. The van der Waals surface area contributed by atoms with Crippen LogP contribution in [0.2, 0.25) is 0 Å². The van der Waals surface area contributed by atoms with Gasteiger partial charge in [0.1, 0.15) is 5.60 Å². The van der Waals surface area contributed by atoms with E-state index < -0.39 is 5.60 Å². The third-order valence-corrected chi connectivity index (χ3v) is 3.37. The molecular weight excluding hydrogens is 260 g/mol. The van der Waals surface area contributed by atoms with Crippen molar-refractivity contribution in [3.63, 3.8) is 0 Å². The van der Waals surface area contributed by atoms with Gasteiger partial charge in [0.15, 0.2) is 0 Å². The second kappa shape index (κ2) is 4.88. The molecule has 3 aromatic carbocycles. The van der Waals surface area contributed by atoms with Crippen molar-refractivity contribution in [1.82, 2.24) is 0 Å². The van der Waals surface area contributed by atoms with Crippen LogP contribution in [0.25, 0.3) is 21.5 Å². The van der Waals surface area contributed by atoms with E-state index >= 15 is 0 Å². The third-order valence-electron chi connectivity index (χ3n) is 3.37. The van der Waals surface area contributed by atoms with Gasteiger partial charge in [0.2, 0.25) is 0 Å². The van der Waals surface area contributed by atoms with Gasteiger partial charge in [-0.3, -0.25) is 0 Å². The lowest BCUT2D eigenvalue weighted by molar-refractivity contribution is 0.00719. The average Bonchev–Trinajstić information content (AvgIpc) is 2.42. The first kappa shape index (κ1) is 13.6. The minimum absolute atomic E-state index is 0.275. The Morgan fingerprint density at radius 2 is 1.48 bits per heavy atom. The Morgan fingerprint density at radius 1 is 0.857 bits per heavy atom. The highest BCUT2D eigenvalue weighted by Crippen LogP contribution is 2.26. The Kier molecular flexibility index (Phi) is 3.17. The monoisotopic (exact) mass is 278 g/mol. The fraction of sp³-hybridized carbons (Fsp3) is 0.211. The highest BCUT2D eigenvalue weighted by molar-refractivity contribution is 6.09. The van der Waals surface area contributed by atoms with Crippen molar-refractivity contribution in [2.24, 2.45) is 0 Å². The van der Waals surface area contributed by atoms with E-state index in [2.05, 4.69) is 24.3 Å². The molecule has 0 aromatic heterocycles. The summed E-state index contributed by atoms with van der Waals surface area (Å²) in [5, 5.41) is 4.29. The van der Waals surface area contributed by atoms with Crippen molar-refractivity contribution < 1.29 is 9.53 Å². The lowest BCUT2D eigenvalue weighted by Gasteiger charge is -2.20. The molecule has 2 nitrogen and oxygen atoms in total. The largest absolute Gasteiger partial charge is 0.456 e. The third kappa shape index (κ3) is 2.75. The van der Waals surface area contributed by atoms with E-state index in [1.165, 1.54) is 5.39 Å². The minimum atomic E-state index is -0.490. The molecule has 0 aliphatic heterocycles. The molecular formula is C19H18O2. The van der Waals surface area contributed by atoms with Crippen LogP contribution in [0.1, 0.15) is 31.1 Å². The van der Waals surface area contributed by atoms with Crippen molar-refractivity contribution in [2.45, 2.75) is 26.4 Å². The number of rotatable bonds is 1. The summed E-state index contributed by atoms with van der Waals surface area (Å²) < 4.78 is 5.50. The van der Waals surface area contributed by atoms with E-state index in [1.54, 1.807) is 0 Å². The molecule has 2 heteroatoms. The molecule has 0 N–H and O–H groups in total. The zero-order valence-electron chi connectivity index (χ0n) is 12.5. The summed E-state index contributed by atoms with van der Waals surface area (Å²) in [5.41, 5.74) is 0.129. The number of esters is 1. The Morgan fingerprint density at radius 3 is 2.14 bits per heavy atom. The summed E-state index contributed by atoms with van der Waals surface area (Å²) in [4.78, 5) is 12.4. The van der Waals surface area contributed by atoms with E-state index in [9.17, 15) is 4.79 Å². The quantitative estimate of drug-likeness (QED) is 0.465. The summed E-state index contributed by atoms with van der Waals surface area (Å²) in [5.74, 6) is -0.275. The second-order valence-electron chi connectivity index (χ2n) is 6.23. The van der Waals surface area contributed by atoms with Crippen molar-refractivity contribution in [3.05, 3.63) is 60.2 Å². The zero-order chi connectivity index (χ0) is 15.0. The lowest BCUT2D eigenvalue weighted by Crippen LogP contribution is -2.24.